The van der Waals surface area contributed by atoms with Crippen molar-refractivity contribution in [2.75, 3.05) is 5.32 Å². The Hall–Kier alpha value is -4.98. The second-order valence-electron chi connectivity index (χ2n) is 8.28. The minimum atomic E-state index is -0.561. The number of ether oxygens (including phenoxy) is 1. The smallest absolute Gasteiger partial charge is 0.309 e. The van der Waals surface area contributed by atoms with Gasteiger partial charge in [0.1, 0.15) is 11.5 Å². The van der Waals surface area contributed by atoms with E-state index in [9.17, 15) is 14.0 Å². The van der Waals surface area contributed by atoms with E-state index in [2.05, 4.69) is 10.4 Å². The van der Waals surface area contributed by atoms with Crippen LogP contribution in [0.3, 0.4) is 0 Å². The van der Waals surface area contributed by atoms with Gasteiger partial charge in [0.2, 0.25) is 11.8 Å². The summed E-state index contributed by atoms with van der Waals surface area (Å²) in [6.45, 7) is 1.28. The molecule has 184 valence electrons. The van der Waals surface area contributed by atoms with Crippen LogP contribution in [0.1, 0.15) is 12.5 Å². The molecule has 0 unspecified atom stereocenters. The van der Waals surface area contributed by atoms with E-state index < -0.39 is 11.8 Å². The average molecular weight is 496 g/mol. The first-order valence-electron chi connectivity index (χ1n) is 11.5. The Labute approximate surface area is 212 Å². The minimum Gasteiger partial charge on any atom is -0.463 e. The van der Waals surface area contributed by atoms with Gasteiger partial charge in [0, 0.05) is 12.6 Å². The highest BCUT2D eigenvalue weighted by Crippen LogP contribution is 2.41. The summed E-state index contributed by atoms with van der Waals surface area (Å²) in [5, 5.41) is 7.51. The quantitative estimate of drug-likeness (QED) is 0.278. The van der Waals surface area contributed by atoms with Gasteiger partial charge in [0.05, 0.1) is 23.9 Å². The van der Waals surface area contributed by atoms with Crippen LogP contribution in [0, 0.1) is 5.82 Å². The first-order chi connectivity index (χ1) is 18.0. The lowest BCUT2D eigenvalue weighted by Crippen LogP contribution is -2.14. The Bertz CT molecular complexity index is 1540. The first kappa shape index (κ1) is 23.7. The molecule has 0 bridgehead atoms. The van der Waals surface area contributed by atoms with E-state index >= 15 is 0 Å². The number of amides is 1. The van der Waals surface area contributed by atoms with E-state index in [-0.39, 0.29) is 18.2 Å². The molecule has 1 amide bonds. The largest absolute Gasteiger partial charge is 0.463 e. The average Bonchev–Trinajstić information content (AvgIpc) is 3.53. The number of nitrogens with zero attached hydrogens (tertiary/aromatic N) is 2. The number of carbonyl (C=O) groups excluding carboxylic acids is 2. The van der Waals surface area contributed by atoms with Crippen LogP contribution in [0.5, 0.6) is 5.88 Å². The fraction of sp³-hybridized carbons (Fsp3) is 0.0690. The van der Waals surface area contributed by atoms with Crippen LogP contribution in [0.15, 0.2) is 102 Å². The lowest BCUT2D eigenvalue weighted by Gasteiger charge is -2.10. The normalized spacial score (nSPS) is 10.8. The summed E-state index contributed by atoms with van der Waals surface area (Å²) in [5.41, 5.74) is 3.45. The number of rotatable bonds is 7. The maximum atomic E-state index is 14.0. The molecule has 0 aliphatic heterocycles. The van der Waals surface area contributed by atoms with Crippen molar-refractivity contribution in [3.05, 3.63) is 109 Å². The molecule has 3 aromatic carbocycles. The number of furan rings is 1. The Morgan fingerprint density at radius 2 is 1.76 bits per heavy atom. The van der Waals surface area contributed by atoms with Gasteiger partial charge in [-0.3, -0.25) is 9.59 Å². The predicted octanol–water partition coefficient (Wildman–Crippen LogP) is 6.04. The van der Waals surface area contributed by atoms with Crippen LogP contribution in [-0.2, 0) is 16.0 Å². The molecule has 0 atom stereocenters. The molecule has 5 aromatic rings. The van der Waals surface area contributed by atoms with Gasteiger partial charge < -0.3 is 14.5 Å². The van der Waals surface area contributed by atoms with Crippen LogP contribution in [0.2, 0.25) is 0 Å². The summed E-state index contributed by atoms with van der Waals surface area (Å²) in [6, 6.07) is 25.8. The first-order valence-corrected chi connectivity index (χ1v) is 11.5. The van der Waals surface area contributed by atoms with Crippen molar-refractivity contribution >= 4 is 17.6 Å². The number of hydrogen-bond donors (Lipinski definition) is 1. The maximum absolute atomic E-state index is 14.0. The van der Waals surface area contributed by atoms with Crippen LogP contribution < -0.4 is 10.1 Å². The van der Waals surface area contributed by atoms with E-state index in [1.165, 1.54) is 30.0 Å². The summed E-state index contributed by atoms with van der Waals surface area (Å²) in [6.07, 6.45) is 1.76. The van der Waals surface area contributed by atoms with E-state index in [1.54, 1.807) is 48.5 Å². The van der Waals surface area contributed by atoms with Gasteiger partial charge in [-0.25, -0.2) is 4.39 Å². The zero-order valence-electron chi connectivity index (χ0n) is 19.9. The molecule has 37 heavy (non-hydrogen) atoms. The van der Waals surface area contributed by atoms with Crippen molar-refractivity contribution in [3.63, 3.8) is 0 Å². The topological polar surface area (TPSA) is 86.4 Å². The van der Waals surface area contributed by atoms with Crippen LogP contribution in [0.25, 0.3) is 28.3 Å². The standard InChI is InChI=1S/C29H22FN3O4/c1-19(34)37-29-27(21-12-14-23(15-13-21)31-26(35)17-20-7-3-2-4-8-20)28(25-11-6-16-36-25)32-33(29)24-10-5-9-22(30)18-24/h2-16,18H,17H2,1H3,(H,31,35). The Balaban J connectivity index is 1.54. The molecule has 8 heteroatoms. The number of nitrogens with one attached hydrogen (secondary N) is 1. The van der Waals surface area contributed by atoms with Crippen molar-refractivity contribution in [1.82, 2.24) is 9.78 Å². The van der Waals surface area contributed by atoms with Gasteiger partial charge in [-0.15, -0.1) is 0 Å². The summed E-state index contributed by atoms with van der Waals surface area (Å²) < 4.78 is 26.6. The van der Waals surface area contributed by atoms with Crippen LogP contribution in [0.4, 0.5) is 10.1 Å². The monoisotopic (exact) mass is 495 g/mol. The van der Waals surface area contributed by atoms with Crippen molar-refractivity contribution in [3.8, 4) is 34.1 Å². The zero-order valence-corrected chi connectivity index (χ0v) is 19.9. The van der Waals surface area contributed by atoms with Gasteiger partial charge in [-0.05, 0) is 53.6 Å². The molecule has 0 aliphatic carbocycles. The number of hydrogen-bond acceptors (Lipinski definition) is 5. The van der Waals surface area contributed by atoms with Gasteiger partial charge in [-0.2, -0.15) is 9.78 Å². The molecule has 0 spiro atoms. The highest BCUT2D eigenvalue weighted by atomic mass is 19.1. The second kappa shape index (κ2) is 10.3. The molecule has 0 saturated carbocycles. The van der Waals surface area contributed by atoms with Crippen molar-refractivity contribution in [2.24, 2.45) is 0 Å². The lowest BCUT2D eigenvalue weighted by molar-refractivity contribution is -0.132. The predicted molar refractivity (Wildman–Crippen MR) is 137 cm³/mol. The van der Waals surface area contributed by atoms with Crippen LogP contribution in [-0.4, -0.2) is 21.7 Å². The van der Waals surface area contributed by atoms with Gasteiger partial charge in [-0.1, -0.05) is 48.5 Å². The molecular weight excluding hydrogens is 473 g/mol. The molecule has 7 nitrogen and oxygen atoms in total. The summed E-state index contributed by atoms with van der Waals surface area (Å²) in [7, 11) is 0. The molecule has 0 aliphatic rings. The maximum Gasteiger partial charge on any atom is 0.309 e. The third kappa shape index (κ3) is 5.33. The minimum absolute atomic E-state index is 0.116. The molecule has 5 rings (SSSR count). The fourth-order valence-electron chi connectivity index (χ4n) is 3.97. The fourth-order valence-corrected chi connectivity index (χ4v) is 3.97. The van der Waals surface area contributed by atoms with Crippen molar-refractivity contribution in [2.45, 2.75) is 13.3 Å². The SMILES string of the molecule is CC(=O)Oc1c(-c2ccc(NC(=O)Cc3ccccc3)cc2)c(-c2ccco2)nn1-c1cccc(F)c1. The number of aromatic nitrogens is 2. The summed E-state index contributed by atoms with van der Waals surface area (Å²) in [4.78, 5) is 24.5. The second-order valence-corrected chi connectivity index (χ2v) is 8.28. The molecule has 1 N–H and O–H groups in total. The molecule has 0 saturated heterocycles. The Kier molecular flexibility index (Phi) is 6.63. The van der Waals surface area contributed by atoms with Crippen molar-refractivity contribution in [1.29, 1.82) is 0 Å². The molecular formula is C29H22FN3O4. The number of benzene rings is 3. The summed E-state index contributed by atoms with van der Waals surface area (Å²) in [5.74, 6) is -0.605. The van der Waals surface area contributed by atoms with Gasteiger partial charge in [0.25, 0.3) is 0 Å². The van der Waals surface area contributed by atoms with Crippen molar-refractivity contribution < 1.29 is 23.1 Å². The van der Waals surface area contributed by atoms with E-state index in [1.807, 2.05) is 30.3 Å². The zero-order chi connectivity index (χ0) is 25.8. The van der Waals surface area contributed by atoms with Gasteiger partial charge >= 0.3 is 5.97 Å². The van der Waals surface area contributed by atoms with E-state index in [0.717, 1.165) is 5.56 Å². The molecule has 0 fully saturated rings. The lowest BCUT2D eigenvalue weighted by atomic mass is 10.0. The third-order valence-electron chi connectivity index (χ3n) is 5.56. The third-order valence-corrected chi connectivity index (χ3v) is 5.56. The number of halogens is 1. The Morgan fingerprint density at radius 3 is 2.43 bits per heavy atom. The summed E-state index contributed by atoms with van der Waals surface area (Å²) >= 11 is 0. The number of anilines is 1. The Morgan fingerprint density at radius 1 is 0.973 bits per heavy atom. The highest BCUT2D eigenvalue weighted by Gasteiger charge is 2.26. The van der Waals surface area contributed by atoms with Crippen LogP contribution >= 0.6 is 0 Å². The van der Waals surface area contributed by atoms with E-state index in [4.69, 9.17) is 9.15 Å². The molecule has 2 aromatic heterocycles. The highest BCUT2D eigenvalue weighted by molar-refractivity contribution is 5.93. The van der Waals surface area contributed by atoms with Gasteiger partial charge in [0.15, 0.2) is 5.76 Å². The van der Waals surface area contributed by atoms with E-state index in [0.29, 0.717) is 34.0 Å². The molecule has 2 heterocycles. The molecule has 0 radical (unpaired) electrons. The number of esters is 1. The number of carbonyl (C=O) groups is 2.